The molecule has 5 heteroatoms. The van der Waals surface area contributed by atoms with Crippen LogP contribution in [0.3, 0.4) is 0 Å². The molecule has 0 heterocycles. The van der Waals surface area contributed by atoms with Crippen LogP contribution in [0.4, 0.5) is 4.39 Å². The van der Waals surface area contributed by atoms with Gasteiger partial charge in [-0.15, -0.1) is 0 Å². The van der Waals surface area contributed by atoms with Crippen molar-refractivity contribution in [2.75, 3.05) is 0 Å². The van der Waals surface area contributed by atoms with Gasteiger partial charge in [0.15, 0.2) is 0 Å². The summed E-state index contributed by atoms with van der Waals surface area (Å²) in [5.74, 6) is -1.81. The van der Waals surface area contributed by atoms with E-state index in [9.17, 15) is 14.0 Å². The molecule has 108 valence electrons. The predicted molar refractivity (Wildman–Crippen MR) is 71.9 cm³/mol. The van der Waals surface area contributed by atoms with Crippen LogP contribution in [0.1, 0.15) is 48.9 Å². The summed E-state index contributed by atoms with van der Waals surface area (Å²) in [7, 11) is 0. The number of carboxylic acids is 1. The highest BCUT2D eigenvalue weighted by atomic mass is 19.1. The van der Waals surface area contributed by atoms with Gasteiger partial charge < -0.3 is 10.4 Å². The summed E-state index contributed by atoms with van der Waals surface area (Å²) in [6, 6.07) is 5.42. The number of hydrogen-bond acceptors (Lipinski definition) is 2. The molecule has 0 bridgehead atoms. The van der Waals surface area contributed by atoms with Crippen molar-refractivity contribution in [3.8, 4) is 0 Å². The van der Waals surface area contributed by atoms with Gasteiger partial charge in [0.2, 0.25) is 0 Å². The third-order valence-corrected chi connectivity index (χ3v) is 3.77. The summed E-state index contributed by atoms with van der Waals surface area (Å²) in [6.07, 6.45) is 4.07. The fraction of sp³-hybridized carbons (Fsp3) is 0.467. The summed E-state index contributed by atoms with van der Waals surface area (Å²) in [6.45, 7) is 0. The standard InChI is InChI=1S/C15H18FNO3/c16-12-6-4-5-11(9-12)14(20)17-15(10-13(18)19)7-2-1-3-8-15/h4-6,9H,1-3,7-8,10H2,(H,17,20)(H,18,19). The van der Waals surface area contributed by atoms with Crippen molar-refractivity contribution in [1.29, 1.82) is 0 Å². The first-order chi connectivity index (χ1) is 9.51. The minimum absolute atomic E-state index is 0.0892. The number of carbonyl (C=O) groups excluding carboxylic acids is 1. The zero-order valence-electron chi connectivity index (χ0n) is 11.2. The normalized spacial score (nSPS) is 17.4. The van der Waals surface area contributed by atoms with Gasteiger partial charge in [-0.25, -0.2) is 4.39 Å². The first-order valence-corrected chi connectivity index (χ1v) is 6.81. The van der Waals surface area contributed by atoms with Crippen LogP contribution >= 0.6 is 0 Å². The smallest absolute Gasteiger partial charge is 0.305 e. The van der Waals surface area contributed by atoms with Crippen molar-refractivity contribution < 1.29 is 19.1 Å². The maximum absolute atomic E-state index is 13.1. The van der Waals surface area contributed by atoms with Crippen molar-refractivity contribution in [1.82, 2.24) is 5.32 Å². The molecule has 0 aliphatic heterocycles. The molecule has 0 aromatic heterocycles. The van der Waals surface area contributed by atoms with Crippen LogP contribution in [0.2, 0.25) is 0 Å². The number of aliphatic carboxylic acids is 1. The van der Waals surface area contributed by atoms with E-state index in [1.807, 2.05) is 0 Å². The first-order valence-electron chi connectivity index (χ1n) is 6.81. The Labute approximate surface area is 117 Å². The number of carbonyl (C=O) groups is 2. The summed E-state index contributed by atoms with van der Waals surface area (Å²) in [5, 5.41) is 11.9. The van der Waals surface area contributed by atoms with Gasteiger partial charge >= 0.3 is 5.97 Å². The van der Waals surface area contributed by atoms with Gasteiger partial charge in [0.05, 0.1) is 12.0 Å². The second kappa shape index (κ2) is 6.03. The van der Waals surface area contributed by atoms with E-state index >= 15 is 0 Å². The number of nitrogens with one attached hydrogen (secondary N) is 1. The van der Waals surface area contributed by atoms with Crippen LogP contribution in [0.25, 0.3) is 0 Å². The summed E-state index contributed by atoms with van der Waals surface area (Å²) < 4.78 is 13.1. The van der Waals surface area contributed by atoms with Crippen molar-refractivity contribution >= 4 is 11.9 Å². The van der Waals surface area contributed by atoms with Gasteiger partial charge in [-0.05, 0) is 31.0 Å². The number of carboxylic acid groups (broad SMARTS) is 1. The molecule has 1 amide bonds. The molecule has 0 spiro atoms. The van der Waals surface area contributed by atoms with E-state index in [2.05, 4.69) is 5.32 Å². The second-order valence-corrected chi connectivity index (χ2v) is 5.38. The lowest BCUT2D eigenvalue weighted by Crippen LogP contribution is -2.51. The monoisotopic (exact) mass is 279 g/mol. The molecule has 1 aromatic carbocycles. The number of halogens is 1. The third-order valence-electron chi connectivity index (χ3n) is 3.77. The highest BCUT2D eigenvalue weighted by Crippen LogP contribution is 2.31. The molecule has 2 N–H and O–H groups in total. The molecular weight excluding hydrogens is 261 g/mol. The summed E-state index contributed by atoms with van der Waals surface area (Å²) in [5.41, 5.74) is -0.478. The third kappa shape index (κ3) is 3.56. The average molecular weight is 279 g/mol. The number of amides is 1. The lowest BCUT2D eigenvalue weighted by atomic mass is 9.79. The van der Waals surface area contributed by atoms with E-state index in [-0.39, 0.29) is 12.0 Å². The van der Waals surface area contributed by atoms with Gasteiger partial charge in [-0.3, -0.25) is 9.59 Å². The fourth-order valence-corrected chi connectivity index (χ4v) is 2.81. The van der Waals surface area contributed by atoms with E-state index in [0.717, 1.165) is 25.3 Å². The molecule has 2 rings (SSSR count). The zero-order chi connectivity index (χ0) is 14.6. The minimum Gasteiger partial charge on any atom is -0.481 e. The lowest BCUT2D eigenvalue weighted by molar-refractivity contribution is -0.139. The maximum atomic E-state index is 13.1. The molecule has 1 aromatic rings. The van der Waals surface area contributed by atoms with Gasteiger partial charge in [0.1, 0.15) is 5.82 Å². The zero-order valence-corrected chi connectivity index (χ0v) is 11.2. The van der Waals surface area contributed by atoms with E-state index < -0.39 is 23.2 Å². The molecule has 0 unspecified atom stereocenters. The molecule has 4 nitrogen and oxygen atoms in total. The molecule has 20 heavy (non-hydrogen) atoms. The first kappa shape index (κ1) is 14.5. The molecule has 0 saturated heterocycles. The maximum Gasteiger partial charge on any atom is 0.305 e. The van der Waals surface area contributed by atoms with E-state index in [0.29, 0.717) is 12.8 Å². The van der Waals surface area contributed by atoms with Crippen LogP contribution in [0, 0.1) is 5.82 Å². The fourth-order valence-electron chi connectivity index (χ4n) is 2.81. The Morgan fingerprint density at radius 3 is 2.55 bits per heavy atom. The molecule has 1 aliphatic rings. The molecule has 0 atom stereocenters. The SMILES string of the molecule is O=C(O)CC1(NC(=O)c2cccc(F)c2)CCCCC1. The van der Waals surface area contributed by atoms with Crippen LogP contribution < -0.4 is 5.32 Å². The Kier molecular flexibility index (Phi) is 4.37. The lowest BCUT2D eigenvalue weighted by Gasteiger charge is -2.37. The molecule has 1 fully saturated rings. The van der Waals surface area contributed by atoms with E-state index in [4.69, 9.17) is 5.11 Å². The number of benzene rings is 1. The minimum atomic E-state index is -0.925. The molecule has 0 radical (unpaired) electrons. The van der Waals surface area contributed by atoms with Gasteiger partial charge in [0, 0.05) is 5.56 Å². The quantitative estimate of drug-likeness (QED) is 0.890. The average Bonchev–Trinajstić information content (AvgIpc) is 2.38. The second-order valence-electron chi connectivity index (χ2n) is 5.38. The Morgan fingerprint density at radius 1 is 1.25 bits per heavy atom. The van der Waals surface area contributed by atoms with Crippen molar-refractivity contribution in [2.45, 2.75) is 44.1 Å². The van der Waals surface area contributed by atoms with Crippen LogP contribution in [0.15, 0.2) is 24.3 Å². The summed E-state index contributed by atoms with van der Waals surface area (Å²) >= 11 is 0. The Hall–Kier alpha value is -1.91. The van der Waals surface area contributed by atoms with Crippen molar-refractivity contribution in [2.24, 2.45) is 0 Å². The van der Waals surface area contributed by atoms with Crippen LogP contribution in [-0.4, -0.2) is 22.5 Å². The van der Waals surface area contributed by atoms with Gasteiger partial charge in [-0.1, -0.05) is 25.3 Å². The molecular formula is C15H18FNO3. The largest absolute Gasteiger partial charge is 0.481 e. The van der Waals surface area contributed by atoms with Crippen LogP contribution in [0.5, 0.6) is 0 Å². The number of hydrogen-bond donors (Lipinski definition) is 2. The van der Waals surface area contributed by atoms with E-state index in [1.54, 1.807) is 0 Å². The highest BCUT2D eigenvalue weighted by molar-refractivity contribution is 5.95. The topological polar surface area (TPSA) is 66.4 Å². The van der Waals surface area contributed by atoms with E-state index in [1.165, 1.54) is 18.2 Å². The Balaban J connectivity index is 2.15. The van der Waals surface area contributed by atoms with Crippen molar-refractivity contribution in [3.05, 3.63) is 35.6 Å². The summed E-state index contributed by atoms with van der Waals surface area (Å²) in [4.78, 5) is 23.2. The Morgan fingerprint density at radius 2 is 1.95 bits per heavy atom. The number of rotatable bonds is 4. The van der Waals surface area contributed by atoms with Gasteiger partial charge in [-0.2, -0.15) is 0 Å². The predicted octanol–water partition coefficient (Wildman–Crippen LogP) is 2.73. The highest BCUT2D eigenvalue weighted by Gasteiger charge is 2.36. The molecule has 1 aliphatic carbocycles. The van der Waals surface area contributed by atoms with Gasteiger partial charge in [0.25, 0.3) is 5.91 Å². The molecule has 1 saturated carbocycles. The van der Waals surface area contributed by atoms with Crippen molar-refractivity contribution in [3.63, 3.8) is 0 Å². The van der Waals surface area contributed by atoms with Crippen LogP contribution in [-0.2, 0) is 4.79 Å². The Bertz CT molecular complexity index is 510.